The molecule has 0 aromatic heterocycles. The van der Waals surface area contributed by atoms with E-state index in [2.05, 4.69) is 22.0 Å². The first-order valence-electron chi connectivity index (χ1n) is 15.3. The minimum atomic E-state index is -4.34. The number of nitriles is 1. The van der Waals surface area contributed by atoms with Gasteiger partial charge in [0.15, 0.2) is 0 Å². The van der Waals surface area contributed by atoms with E-state index in [-0.39, 0.29) is 11.7 Å². The summed E-state index contributed by atoms with van der Waals surface area (Å²) in [5.74, 6) is 0.227. The van der Waals surface area contributed by atoms with Crippen molar-refractivity contribution in [3.05, 3.63) is 118 Å². The quantitative estimate of drug-likeness (QED) is 0.0904. The molecule has 3 aromatic rings. The summed E-state index contributed by atoms with van der Waals surface area (Å²) in [6.07, 6.45) is 1.21. The molecule has 1 aliphatic carbocycles. The number of hydrogen-bond donors (Lipinski definition) is 4. The fraction of sp³-hybridized carbons (Fsp3) is 0.333. The number of rotatable bonds is 12. The normalized spacial score (nSPS) is 13.7. The molecule has 246 valence electrons. The van der Waals surface area contributed by atoms with Crippen LogP contribution in [0.5, 0.6) is 0 Å². The number of alkyl halides is 3. The Morgan fingerprint density at radius 2 is 1.74 bits per heavy atom. The zero-order valence-corrected chi connectivity index (χ0v) is 26.7. The fourth-order valence-electron chi connectivity index (χ4n) is 4.43. The van der Waals surface area contributed by atoms with Crippen LogP contribution in [0.3, 0.4) is 0 Å². The van der Waals surface area contributed by atoms with Gasteiger partial charge in [-0.2, -0.15) is 18.4 Å². The lowest BCUT2D eigenvalue weighted by atomic mass is 9.97. The van der Waals surface area contributed by atoms with Gasteiger partial charge in [0.05, 0.1) is 28.9 Å². The van der Waals surface area contributed by atoms with Gasteiger partial charge in [-0.15, -0.1) is 0 Å². The van der Waals surface area contributed by atoms with Crippen molar-refractivity contribution in [1.82, 2.24) is 5.32 Å². The topological polar surface area (TPSA) is 103 Å². The first-order chi connectivity index (χ1) is 22.1. The van der Waals surface area contributed by atoms with Crippen molar-refractivity contribution in [3.63, 3.8) is 0 Å². The Morgan fingerprint density at radius 3 is 2.30 bits per heavy atom. The predicted molar refractivity (Wildman–Crippen MR) is 177 cm³/mol. The van der Waals surface area contributed by atoms with Gasteiger partial charge < -0.3 is 21.7 Å². The van der Waals surface area contributed by atoms with Crippen LogP contribution in [0.2, 0.25) is 0 Å². The molecule has 10 heteroatoms. The van der Waals surface area contributed by atoms with E-state index in [0.717, 1.165) is 35.0 Å². The zero-order valence-electron chi connectivity index (χ0n) is 26.7. The smallest absolute Gasteiger partial charge is 0.359 e. The highest BCUT2D eigenvalue weighted by molar-refractivity contribution is 5.72. The number of amides is 1. The number of hydrogen-bond acceptors (Lipinski definition) is 5. The Bertz CT molecular complexity index is 1490. The molecule has 1 fully saturated rings. The highest BCUT2D eigenvalue weighted by Gasteiger charge is 2.31. The largest absolute Gasteiger partial charge is 0.416 e. The number of nitrogens with two attached hydrogens (primary N) is 1. The van der Waals surface area contributed by atoms with Gasteiger partial charge in [-0.05, 0) is 97.8 Å². The molecule has 0 saturated heterocycles. The summed E-state index contributed by atoms with van der Waals surface area (Å²) >= 11 is 0. The molecule has 1 atom stereocenters. The maximum absolute atomic E-state index is 13.8. The number of benzene rings is 3. The highest BCUT2D eigenvalue weighted by atomic mass is 19.4. The summed E-state index contributed by atoms with van der Waals surface area (Å²) in [6, 6.07) is 21.3. The van der Waals surface area contributed by atoms with Crippen LogP contribution in [-0.4, -0.2) is 19.1 Å². The Balaban J connectivity index is 0.000000309. The predicted octanol–water partition coefficient (Wildman–Crippen LogP) is 8.74. The monoisotopic (exact) mass is 637 g/mol. The maximum atomic E-state index is 13.8. The second kappa shape index (κ2) is 19.1. The molecule has 5 N–H and O–H groups in total. The van der Waals surface area contributed by atoms with Crippen molar-refractivity contribution < 1.29 is 22.4 Å². The average Bonchev–Trinajstić information content (AvgIpc) is 3.88. The molecule has 1 aliphatic rings. The first-order valence-corrected chi connectivity index (χ1v) is 15.3. The van der Waals surface area contributed by atoms with Gasteiger partial charge in [-0.1, -0.05) is 57.2 Å². The lowest BCUT2D eigenvalue weighted by Crippen LogP contribution is -2.24. The molecular weight excluding hydrogens is 594 g/mol. The number of anilines is 2. The number of allylic oxidation sites excluding steroid dienone is 4. The van der Waals surface area contributed by atoms with Crippen LogP contribution >= 0.6 is 0 Å². The molecule has 4 rings (SSSR count). The molecule has 0 aliphatic heterocycles. The summed E-state index contributed by atoms with van der Waals surface area (Å²) in [5, 5.41) is 17.8. The third kappa shape index (κ3) is 12.5. The summed E-state index contributed by atoms with van der Waals surface area (Å²) < 4.78 is 52.1. The van der Waals surface area contributed by atoms with Gasteiger partial charge in [0, 0.05) is 17.9 Å². The van der Waals surface area contributed by atoms with Gasteiger partial charge in [0.25, 0.3) is 0 Å². The number of nitrogens with zero attached hydrogens (tertiary/aromatic N) is 1. The van der Waals surface area contributed by atoms with Crippen LogP contribution in [0.1, 0.15) is 75.3 Å². The second-order valence-electron chi connectivity index (χ2n) is 10.4. The van der Waals surface area contributed by atoms with Crippen molar-refractivity contribution >= 4 is 17.8 Å². The van der Waals surface area contributed by atoms with Gasteiger partial charge in [-0.3, -0.25) is 4.79 Å². The summed E-state index contributed by atoms with van der Waals surface area (Å²) in [4.78, 5) is 10.6. The van der Waals surface area contributed by atoms with Gasteiger partial charge in [0.2, 0.25) is 6.41 Å². The molecular formula is C36H43F4N5O. The molecule has 0 spiro atoms. The average molecular weight is 638 g/mol. The molecule has 46 heavy (non-hydrogen) atoms. The Labute approximate surface area is 269 Å². The van der Waals surface area contributed by atoms with Crippen molar-refractivity contribution in [3.8, 4) is 6.07 Å². The van der Waals surface area contributed by atoms with Gasteiger partial charge in [0.1, 0.15) is 5.82 Å². The minimum Gasteiger partial charge on any atom is -0.359 e. The van der Waals surface area contributed by atoms with E-state index < -0.39 is 17.6 Å². The van der Waals surface area contributed by atoms with Crippen LogP contribution < -0.4 is 21.7 Å². The SMILES string of the molecule is CC.CC/C=C(/C=C(/C)Nc1cccc(CN)c1)C(F)(F)F.N#Cc1ccc(C(NCC2CC2)c2ccc(F)c(NC=O)c2)cc1. The second-order valence-corrected chi connectivity index (χ2v) is 10.4. The molecule has 0 heterocycles. The number of carbonyl (C=O) groups excluding carboxylic acids is 1. The van der Waals surface area contributed by atoms with Gasteiger partial charge >= 0.3 is 6.18 Å². The lowest BCUT2D eigenvalue weighted by Gasteiger charge is -2.21. The number of carbonyl (C=O) groups is 1. The van der Waals surface area contributed by atoms with Crippen molar-refractivity contribution in [2.75, 3.05) is 17.2 Å². The first kappa shape index (κ1) is 37.7. The third-order valence-electron chi connectivity index (χ3n) is 6.85. The van der Waals surface area contributed by atoms with E-state index in [4.69, 9.17) is 11.0 Å². The maximum Gasteiger partial charge on any atom is 0.416 e. The molecule has 0 bridgehead atoms. The van der Waals surface area contributed by atoms with E-state index in [1.165, 1.54) is 25.0 Å². The molecule has 1 saturated carbocycles. The van der Waals surface area contributed by atoms with E-state index in [1.807, 2.05) is 44.2 Å². The van der Waals surface area contributed by atoms with Crippen LogP contribution in [0, 0.1) is 23.1 Å². The van der Waals surface area contributed by atoms with Crippen LogP contribution in [0.15, 0.2) is 90.2 Å². The van der Waals surface area contributed by atoms with E-state index in [1.54, 1.807) is 44.2 Å². The third-order valence-corrected chi connectivity index (χ3v) is 6.85. The van der Waals surface area contributed by atoms with Crippen molar-refractivity contribution in [2.24, 2.45) is 11.7 Å². The summed E-state index contributed by atoms with van der Waals surface area (Å²) in [6.45, 7) is 8.55. The van der Waals surface area contributed by atoms with Gasteiger partial charge in [-0.25, -0.2) is 4.39 Å². The summed E-state index contributed by atoms with van der Waals surface area (Å²) in [5.41, 5.74) is 9.58. The Kier molecular flexibility index (Phi) is 15.7. The summed E-state index contributed by atoms with van der Waals surface area (Å²) in [7, 11) is 0. The van der Waals surface area contributed by atoms with Crippen molar-refractivity contribution in [2.45, 2.75) is 65.7 Å². The molecule has 0 radical (unpaired) electrons. The lowest BCUT2D eigenvalue weighted by molar-refractivity contribution is -0.105. The Morgan fingerprint density at radius 1 is 1.07 bits per heavy atom. The zero-order chi connectivity index (χ0) is 34.1. The van der Waals surface area contributed by atoms with Crippen LogP contribution in [-0.2, 0) is 11.3 Å². The Hall–Kier alpha value is -4.46. The van der Waals surface area contributed by atoms with E-state index in [0.29, 0.717) is 36.6 Å². The van der Waals surface area contributed by atoms with E-state index in [9.17, 15) is 22.4 Å². The standard InChI is InChI=1S/C19H18FN3O.C15H19F3N2.C2H6/c20-17-8-7-16(9-18(17)23-12-24)19(22-11-14-1-2-14)15-5-3-13(10-21)4-6-15;1-3-5-13(15(16,17)18)8-11(2)20-14-7-4-6-12(9-14)10-19;1-2/h3-9,12,14,19,22H,1-2,11H2,(H,23,24);4-9,20H,3,10,19H2,1-2H3;1-2H3/b;11-8-,13-5-;. The molecule has 6 nitrogen and oxygen atoms in total. The van der Waals surface area contributed by atoms with Crippen LogP contribution in [0.4, 0.5) is 28.9 Å². The molecule has 1 unspecified atom stereocenters. The number of nitrogens with one attached hydrogen (secondary N) is 3. The number of halogens is 4. The molecule has 1 amide bonds. The molecule has 3 aromatic carbocycles. The minimum absolute atomic E-state index is 0.119. The van der Waals surface area contributed by atoms with Crippen molar-refractivity contribution in [1.29, 1.82) is 5.26 Å². The van der Waals surface area contributed by atoms with Crippen LogP contribution in [0.25, 0.3) is 0 Å². The fourth-order valence-corrected chi connectivity index (χ4v) is 4.43. The van der Waals surface area contributed by atoms with E-state index >= 15 is 0 Å². The highest BCUT2D eigenvalue weighted by Crippen LogP contribution is 2.31.